The number of nitrogens with zero attached hydrogens (tertiary/aromatic N) is 1. The lowest BCUT2D eigenvalue weighted by Crippen LogP contribution is -2.45. The molecule has 1 aliphatic heterocycles. The summed E-state index contributed by atoms with van der Waals surface area (Å²) in [5.74, 6) is 0. The summed E-state index contributed by atoms with van der Waals surface area (Å²) in [6, 6.07) is 0. The maximum atomic E-state index is 11.3. The molecule has 0 amide bonds. The van der Waals surface area contributed by atoms with Crippen molar-refractivity contribution < 1.29 is 13.8 Å². The van der Waals surface area contributed by atoms with Crippen LogP contribution in [0.4, 0.5) is 0 Å². The molecule has 0 aromatic carbocycles. The molecule has 0 aromatic rings. The first-order chi connectivity index (χ1) is 6.59. The van der Waals surface area contributed by atoms with E-state index in [1.165, 1.54) is 0 Å². The normalized spacial score (nSPS) is 30.6. The van der Waals surface area contributed by atoms with E-state index in [1.54, 1.807) is 18.8 Å². The largest absolute Gasteiger partial charge is 0.370 e. The Balaban J connectivity index is 2.20. The van der Waals surface area contributed by atoms with Gasteiger partial charge >= 0.3 is 0 Å². The Hall–Kier alpha value is 0.0700. The second-order valence-electron chi connectivity index (χ2n) is 3.70. The van der Waals surface area contributed by atoms with Crippen LogP contribution in [0, 0.1) is 0 Å². The molecular weight excluding hydrogens is 203 g/mol. The van der Waals surface area contributed by atoms with Gasteiger partial charge in [-0.2, -0.15) is 0 Å². The van der Waals surface area contributed by atoms with Gasteiger partial charge in [-0.05, 0) is 21.0 Å². The number of ether oxygens (including phenoxy) is 1. The Morgan fingerprint density at radius 2 is 2.29 bits per heavy atom. The zero-order chi connectivity index (χ0) is 10.6. The minimum Gasteiger partial charge on any atom is -0.370 e. The first kappa shape index (κ1) is 12.1. The summed E-state index contributed by atoms with van der Waals surface area (Å²) >= 11 is 0. The van der Waals surface area contributed by atoms with Crippen molar-refractivity contribution in [3.05, 3.63) is 0 Å². The molecule has 1 saturated heterocycles. The Kier molecular flexibility index (Phi) is 5.06. The molecule has 0 bridgehead atoms. The van der Waals surface area contributed by atoms with E-state index >= 15 is 0 Å². The Morgan fingerprint density at radius 3 is 2.86 bits per heavy atom. The van der Waals surface area contributed by atoms with Crippen LogP contribution in [0.25, 0.3) is 0 Å². The summed E-state index contributed by atoms with van der Waals surface area (Å²) in [6.07, 6.45) is 0.228. The zero-order valence-electron chi connectivity index (χ0n) is 8.95. The molecule has 1 fully saturated rings. The summed E-state index contributed by atoms with van der Waals surface area (Å²) in [5.41, 5.74) is 0. The molecule has 1 aliphatic rings. The van der Waals surface area contributed by atoms with Crippen molar-refractivity contribution in [1.82, 2.24) is 9.99 Å². The van der Waals surface area contributed by atoms with Crippen molar-refractivity contribution in [2.24, 2.45) is 0 Å². The molecule has 5 nitrogen and oxygen atoms in total. The van der Waals surface area contributed by atoms with Crippen LogP contribution in [0.2, 0.25) is 0 Å². The van der Waals surface area contributed by atoms with E-state index in [1.807, 2.05) is 6.92 Å². The van der Waals surface area contributed by atoms with Gasteiger partial charge in [0.25, 0.3) is 8.18 Å². The SMILES string of the molecule is C[C@H]1CNC[C@@H](CO[PH](=O)N(C)C)O1. The molecule has 1 unspecified atom stereocenters. The molecule has 3 atom stereocenters. The third kappa shape index (κ3) is 4.07. The fourth-order valence-electron chi connectivity index (χ4n) is 1.26. The van der Waals surface area contributed by atoms with Gasteiger partial charge < -0.3 is 14.6 Å². The Bertz CT molecular complexity index is 201. The van der Waals surface area contributed by atoms with E-state index < -0.39 is 8.18 Å². The highest BCUT2D eigenvalue weighted by Crippen LogP contribution is 2.24. The Morgan fingerprint density at radius 1 is 1.57 bits per heavy atom. The van der Waals surface area contributed by atoms with E-state index in [4.69, 9.17) is 9.26 Å². The molecular formula is C8H19N2O3P. The number of nitrogens with one attached hydrogen (secondary N) is 1. The highest BCUT2D eigenvalue weighted by Gasteiger charge is 2.19. The van der Waals surface area contributed by atoms with Crippen LogP contribution in [0.1, 0.15) is 6.92 Å². The van der Waals surface area contributed by atoms with Crippen LogP contribution >= 0.6 is 8.18 Å². The van der Waals surface area contributed by atoms with Crippen LogP contribution in [-0.2, 0) is 13.8 Å². The van der Waals surface area contributed by atoms with E-state index in [2.05, 4.69) is 5.32 Å². The van der Waals surface area contributed by atoms with Crippen LogP contribution < -0.4 is 5.32 Å². The summed E-state index contributed by atoms with van der Waals surface area (Å²) < 4.78 is 23.7. The van der Waals surface area contributed by atoms with Crippen molar-refractivity contribution in [3.8, 4) is 0 Å². The monoisotopic (exact) mass is 222 g/mol. The smallest absolute Gasteiger partial charge is 0.260 e. The summed E-state index contributed by atoms with van der Waals surface area (Å²) in [7, 11) is 1.43. The van der Waals surface area contributed by atoms with Crippen molar-refractivity contribution in [3.63, 3.8) is 0 Å². The highest BCUT2D eigenvalue weighted by atomic mass is 31.1. The molecule has 0 aliphatic carbocycles. The maximum absolute atomic E-state index is 11.3. The van der Waals surface area contributed by atoms with Gasteiger partial charge in [-0.25, -0.2) is 4.67 Å². The highest BCUT2D eigenvalue weighted by molar-refractivity contribution is 7.36. The van der Waals surface area contributed by atoms with Crippen molar-refractivity contribution in [2.75, 3.05) is 33.8 Å². The Labute approximate surface area is 85.7 Å². The quantitative estimate of drug-likeness (QED) is 0.695. The van der Waals surface area contributed by atoms with Crippen molar-refractivity contribution in [1.29, 1.82) is 0 Å². The molecule has 0 saturated carbocycles. The molecule has 14 heavy (non-hydrogen) atoms. The van der Waals surface area contributed by atoms with Crippen molar-refractivity contribution in [2.45, 2.75) is 19.1 Å². The summed E-state index contributed by atoms with van der Waals surface area (Å²) in [6.45, 7) is 4.05. The molecule has 1 heterocycles. The fourth-order valence-corrected chi connectivity index (χ4v) is 1.85. The first-order valence-electron chi connectivity index (χ1n) is 4.80. The van der Waals surface area contributed by atoms with E-state index in [-0.39, 0.29) is 12.2 Å². The molecule has 6 heteroatoms. The van der Waals surface area contributed by atoms with Crippen LogP contribution in [0.5, 0.6) is 0 Å². The number of hydrogen-bond donors (Lipinski definition) is 1. The zero-order valence-corrected chi connectivity index (χ0v) is 9.95. The predicted octanol–water partition coefficient (Wildman–Crippen LogP) is 0.331. The van der Waals surface area contributed by atoms with Crippen molar-refractivity contribution >= 4 is 8.18 Å². The summed E-state index contributed by atoms with van der Waals surface area (Å²) in [4.78, 5) is 0. The maximum Gasteiger partial charge on any atom is 0.260 e. The third-order valence-corrected chi connectivity index (χ3v) is 3.13. The molecule has 1 N–H and O–H groups in total. The molecule has 0 spiro atoms. The van der Waals surface area contributed by atoms with Gasteiger partial charge in [0.1, 0.15) is 0 Å². The van der Waals surface area contributed by atoms with E-state index in [0.717, 1.165) is 13.1 Å². The van der Waals surface area contributed by atoms with Gasteiger partial charge in [-0.1, -0.05) is 0 Å². The van der Waals surface area contributed by atoms with Crippen LogP contribution in [0.3, 0.4) is 0 Å². The topological polar surface area (TPSA) is 50.8 Å². The average Bonchev–Trinajstić information content (AvgIpc) is 2.14. The van der Waals surface area contributed by atoms with Crippen LogP contribution in [-0.4, -0.2) is 50.7 Å². The second kappa shape index (κ2) is 5.83. The first-order valence-corrected chi connectivity index (χ1v) is 6.06. The second-order valence-corrected chi connectivity index (χ2v) is 5.41. The lowest BCUT2D eigenvalue weighted by molar-refractivity contribution is -0.0467. The summed E-state index contributed by atoms with van der Waals surface area (Å²) in [5, 5.41) is 3.23. The number of rotatable bonds is 4. The fraction of sp³-hybridized carbons (Fsp3) is 1.00. The van der Waals surface area contributed by atoms with E-state index in [9.17, 15) is 4.57 Å². The molecule has 1 rings (SSSR count). The molecule has 0 aromatic heterocycles. The van der Waals surface area contributed by atoms with Gasteiger partial charge in [0.15, 0.2) is 0 Å². The third-order valence-electron chi connectivity index (χ3n) is 1.99. The van der Waals surface area contributed by atoms with Gasteiger partial charge in [-0.3, -0.25) is 4.57 Å². The lowest BCUT2D eigenvalue weighted by Gasteiger charge is -2.28. The van der Waals surface area contributed by atoms with Gasteiger partial charge in [-0.15, -0.1) is 0 Å². The average molecular weight is 222 g/mol. The minimum absolute atomic E-state index is 0.0210. The van der Waals surface area contributed by atoms with Crippen LogP contribution in [0.15, 0.2) is 0 Å². The van der Waals surface area contributed by atoms with Gasteiger partial charge in [0.2, 0.25) is 0 Å². The lowest BCUT2D eigenvalue weighted by atomic mass is 10.3. The number of morpholine rings is 1. The number of hydrogen-bond acceptors (Lipinski definition) is 4. The van der Waals surface area contributed by atoms with Gasteiger partial charge in [0.05, 0.1) is 18.8 Å². The molecule has 84 valence electrons. The van der Waals surface area contributed by atoms with E-state index in [0.29, 0.717) is 6.61 Å². The molecule has 0 radical (unpaired) electrons. The van der Waals surface area contributed by atoms with Gasteiger partial charge in [0, 0.05) is 13.1 Å². The minimum atomic E-state index is -2.05. The predicted molar refractivity (Wildman–Crippen MR) is 55.8 cm³/mol. The standard InChI is InChI=1S/C8H19N2O3P/c1-7-4-9-5-8(13-7)6-12-14(11)10(2)3/h7-9,14H,4-6H2,1-3H3/t7-,8-/m0/s1.